The Morgan fingerprint density at radius 3 is 2.83 bits per heavy atom. The summed E-state index contributed by atoms with van der Waals surface area (Å²) in [6.07, 6.45) is 3.18. The Bertz CT molecular complexity index is 823. The Hall–Kier alpha value is -1.75. The molecule has 1 fully saturated rings. The number of aryl methyl sites for hydroxylation is 1. The Morgan fingerprint density at radius 1 is 1.30 bits per heavy atom. The number of nitrogens with zero attached hydrogens (tertiary/aromatic N) is 5. The maximum atomic E-state index is 13.4. The van der Waals surface area contributed by atoms with E-state index in [0.717, 1.165) is 42.7 Å². The lowest BCUT2D eigenvalue weighted by atomic mass is 10.1. The van der Waals surface area contributed by atoms with Gasteiger partial charge in [0.05, 0.1) is 0 Å². The first kappa shape index (κ1) is 24.5. The van der Waals surface area contributed by atoms with Gasteiger partial charge < -0.3 is 15.2 Å². The number of aromatic nitrogens is 3. The molecule has 1 aliphatic rings. The second-order valence-electron chi connectivity index (χ2n) is 7.50. The lowest BCUT2D eigenvalue weighted by Crippen LogP contribution is -2.45. The lowest BCUT2D eigenvalue weighted by Gasteiger charge is -2.24. The van der Waals surface area contributed by atoms with Crippen molar-refractivity contribution in [1.29, 1.82) is 0 Å². The Labute approximate surface area is 195 Å². The molecule has 2 heterocycles. The number of aliphatic imine (C=N–C) groups is 1. The highest BCUT2D eigenvalue weighted by Gasteiger charge is 2.22. The molecule has 1 atom stereocenters. The molecule has 1 aliphatic heterocycles. The van der Waals surface area contributed by atoms with Crippen LogP contribution in [0.15, 0.2) is 29.3 Å². The maximum Gasteiger partial charge on any atom is 0.191 e. The van der Waals surface area contributed by atoms with Crippen LogP contribution in [0.3, 0.4) is 0 Å². The van der Waals surface area contributed by atoms with Crippen molar-refractivity contribution >= 4 is 29.9 Å². The van der Waals surface area contributed by atoms with Crippen LogP contribution in [-0.4, -0.2) is 57.8 Å². The molecule has 9 heteroatoms. The van der Waals surface area contributed by atoms with Gasteiger partial charge in [-0.05, 0) is 57.0 Å². The summed E-state index contributed by atoms with van der Waals surface area (Å²) in [4.78, 5) is 7.21. The minimum Gasteiger partial charge on any atom is -0.356 e. The predicted octanol–water partition coefficient (Wildman–Crippen LogP) is 2.64. The van der Waals surface area contributed by atoms with Crippen LogP contribution in [0, 0.1) is 12.7 Å². The highest BCUT2D eigenvalue weighted by atomic mass is 127. The quantitative estimate of drug-likeness (QED) is 0.313. The standard InChI is InChI=1S/C21H32FN7.HI/c1-4-29-12-6-9-19(29)14-24-21(25-15-20-27-26-16(2)28(20)3)23-11-10-17-7-5-8-18(22)13-17;/h5,7-8,13,19H,4,6,9-12,14-15H2,1-3H3,(H2,23,24,25);1H. The van der Waals surface area contributed by atoms with Crippen molar-refractivity contribution in [1.82, 2.24) is 30.3 Å². The predicted molar refractivity (Wildman–Crippen MR) is 129 cm³/mol. The number of halogens is 2. The second-order valence-corrected chi connectivity index (χ2v) is 7.50. The summed E-state index contributed by atoms with van der Waals surface area (Å²) in [7, 11) is 1.95. The molecule has 1 aromatic heterocycles. The summed E-state index contributed by atoms with van der Waals surface area (Å²) in [6.45, 7) is 8.36. The summed E-state index contributed by atoms with van der Waals surface area (Å²) in [5, 5.41) is 15.2. The van der Waals surface area contributed by atoms with Crippen molar-refractivity contribution in [2.45, 2.75) is 45.7 Å². The van der Waals surface area contributed by atoms with Crippen LogP contribution in [0.5, 0.6) is 0 Å². The molecule has 1 unspecified atom stereocenters. The molecule has 0 bridgehead atoms. The molecular formula is C21H33FIN7. The van der Waals surface area contributed by atoms with Gasteiger partial charge >= 0.3 is 0 Å². The van der Waals surface area contributed by atoms with Gasteiger partial charge in [0.2, 0.25) is 0 Å². The van der Waals surface area contributed by atoms with Crippen LogP contribution >= 0.6 is 24.0 Å². The van der Waals surface area contributed by atoms with E-state index in [1.807, 2.05) is 24.6 Å². The summed E-state index contributed by atoms with van der Waals surface area (Å²) < 4.78 is 15.3. The molecule has 0 aliphatic carbocycles. The van der Waals surface area contributed by atoms with E-state index < -0.39 is 0 Å². The van der Waals surface area contributed by atoms with E-state index in [0.29, 0.717) is 19.1 Å². The molecular weight excluding hydrogens is 496 g/mol. The second kappa shape index (κ2) is 12.2. The summed E-state index contributed by atoms with van der Waals surface area (Å²) in [6, 6.07) is 7.26. The molecule has 0 spiro atoms. The van der Waals surface area contributed by atoms with Gasteiger partial charge in [-0.2, -0.15) is 0 Å². The molecule has 1 aromatic carbocycles. The Morgan fingerprint density at radius 2 is 2.13 bits per heavy atom. The fourth-order valence-corrected chi connectivity index (χ4v) is 3.69. The zero-order valence-corrected chi connectivity index (χ0v) is 20.4. The van der Waals surface area contributed by atoms with Crippen molar-refractivity contribution in [3.63, 3.8) is 0 Å². The number of nitrogens with one attached hydrogen (secondary N) is 2. The Balaban J connectivity index is 0.00000320. The van der Waals surface area contributed by atoms with E-state index in [-0.39, 0.29) is 29.8 Å². The van der Waals surface area contributed by atoms with Crippen molar-refractivity contribution in [3.05, 3.63) is 47.3 Å². The molecule has 3 rings (SSSR count). The smallest absolute Gasteiger partial charge is 0.191 e. The van der Waals surface area contributed by atoms with Gasteiger partial charge in [0.25, 0.3) is 0 Å². The number of benzene rings is 1. The molecule has 2 aromatic rings. The summed E-state index contributed by atoms with van der Waals surface area (Å²) in [5.41, 5.74) is 0.966. The van der Waals surface area contributed by atoms with E-state index in [4.69, 9.17) is 4.99 Å². The van der Waals surface area contributed by atoms with Gasteiger partial charge in [-0.25, -0.2) is 9.38 Å². The van der Waals surface area contributed by atoms with Crippen molar-refractivity contribution in [3.8, 4) is 0 Å². The molecule has 0 radical (unpaired) electrons. The zero-order valence-electron chi connectivity index (χ0n) is 18.1. The number of guanidine groups is 1. The van der Waals surface area contributed by atoms with Crippen LogP contribution in [0.25, 0.3) is 0 Å². The third kappa shape index (κ3) is 6.90. The van der Waals surface area contributed by atoms with Gasteiger partial charge in [-0.1, -0.05) is 19.1 Å². The number of hydrogen-bond acceptors (Lipinski definition) is 4. The first-order chi connectivity index (χ1) is 14.1. The van der Waals surface area contributed by atoms with Crippen LogP contribution in [-0.2, 0) is 20.0 Å². The molecule has 30 heavy (non-hydrogen) atoms. The van der Waals surface area contributed by atoms with Crippen molar-refractivity contribution in [2.75, 3.05) is 26.2 Å². The van der Waals surface area contributed by atoms with Gasteiger partial charge in [0.15, 0.2) is 11.8 Å². The average molecular weight is 529 g/mol. The van der Waals surface area contributed by atoms with Crippen LogP contribution in [0.4, 0.5) is 4.39 Å². The van der Waals surface area contributed by atoms with E-state index in [2.05, 4.69) is 32.7 Å². The lowest BCUT2D eigenvalue weighted by molar-refractivity contribution is 0.267. The van der Waals surface area contributed by atoms with E-state index in [1.165, 1.54) is 25.5 Å². The van der Waals surface area contributed by atoms with E-state index in [9.17, 15) is 4.39 Å². The monoisotopic (exact) mass is 529 g/mol. The first-order valence-electron chi connectivity index (χ1n) is 10.4. The molecule has 0 amide bonds. The average Bonchev–Trinajstić information content (AvgIpc) is 3.30. The third-order valence-electron chi connectivity index (χ3n) is 5.57. The topological polar surface area (TPSA) is 70.4 Å². The largest absolute Gasteiger partial charge is 0.356 e. The van der Waals surface area contributed by atoms with Gasteiger partial charge in [0, 0.05) is 26.2 Å². The normalized spacial score (nSPS) is 17.1. The minimum atomic E-state index is -0.201. The Kier molecular flexibility index (Phi) is 9.96. The van der Waals surface area contributed by atoms with Crippen LogP contribution in [0.1, 0.15) is 37.0 Å². The van der Waals surface area contributed by atoms with E-state index in [1.54, 1.807) is 12.1 Å². The van der Waals surface area contributed by atoms with Crippen molar-refractivity contribution < 1.29 is 4.39 Å². The highest BCUT2D eigenvalue weighted by Crippen LogP contribution is 2.15. The van der Waals surface area contributed by atoms with Gasteiger partial charge in [0.1, 0.15) is 18.2 Å². The number of hydrogen-bond donors (Lipinski definition) is 2. The first-order valence-corrected chi connectivity index (χ1v) is 10.4. The van der Waals surface area contributed by atoms with Crippen LogP contribution < -0.4 is 10.6 Å². The molecule has 0 saturated carbocycles. The molecule has 2 N–H and O–H groups in total. The number of likely N-dealkylation sites (N-methyl/N-ethyl adjacent to an activating group) is 1. The number of rotatable bonds is 8. The SMILES string of the molecule is CCN1CCCC1CNC(=NCc1nnc(C)n1C)NCCc1cccc(F)c1.I. The van der Waals surface area contributed by atoms with E-state index >= 15 is 0 Å². The summed E-state index contributed by atoms with van der Waals surface area (Å²) >= 11 is 0. The van der Waals surface area contributed by atoms with Crippen molar-refractivity contribution in [2.24, 2.45) is 12.0 Å². The molecule has 1 saturated heterocycles. The van der Waals surface area contributed by atoms with Crippen LogP contribution in [0.2, 0.25) is 0 Å². The molecule has 166 valence electrons. The van der Waals surface area contributed by atoms with Gasteiger partial charge in [-0.15, -0.1) is 34.2 Å². The summed E-state index contributed by atoms with van der Waals surface area (Å²) in [5.74, 6) is 2.25. The fourth-order valence-electron chi connectivity index (χ4n) is 3.69. The maximum absolute atomic E-state index is 13.4. The minimum absolute atomic E-state index is 0. The van der Waals surface area contributed by atoms with Gasteiger partial charge in [-0.3, -0.25) is 4.90 Å². The highest BCUT2D eigenvalue weighted by molar-refractivity contribution is 14.0. The molecule has 7 nitrogen and oxygen atoms in total. The zero-order chi connectivity index (χ0) is 20.6. The number of likely N-dealkylation sites (tertiary alicyclic amines) is 1. The fraction of sp³-hybridized carbons (Fsp3) is 0.571. The third-order valence-corrected chi connectivity index (χ3v) is 5.57.